The molecule has 178 valence electrons. The molecule has 6 rings (SSSR count). The van der Waals surface area contributed by atoms with Gasteiger partial charge in [0.1, 0.15) is 11.1 Å². The van der Waals surface area contributed by atoms with E-state index in [0.717, 1.165) is 12.2 Å². The molecule has 2 bridgehead atoms. The zero-order valence-corrected chi connectivity index (χ0v) is 19.2. The summed E-state index contributed by atoms with van der Waals surface area (Å²) >= 11 is 0. The SMILES string of the molecule is Cc1cc(/C=C/C#N)c(C(F)(F)F)c(C)c1Oc1nc(NC23CC(C#N)(C2)C3)nc2nn(C)cc12. The van der Waals surface area contributed by atoms with E-state index >= 15 is 0 Å². The third kappa shape index (κ3) is 3.64. The molecule has 2 aromatic heterocycles. The smallest absolute Gasteiger partial charge is 0.417 e. The Morgan fingerprint density at radius 3 is 2.54 bits per heavy atom. The van der Waals surface area contributed by atoms with E-state index in [4.69, 9.17) is 10.00 Å². The van der Waals surface area contributed by atoms with E-state index in [1.807, 2.05) is 0 Å². The number of aryl methyl sites for hydroxylation is 2. The molecule has 11 heteroatoms. The van der Waals surface area contributed by atoms with Crippen LogP contribution < -0.4 is 10.1 Å². The second-order valence-electron chi connectivity index (χ2n) is 9.39. The van der Waals surface area contributed by atoms with Gasteiger partial charge in [-0.25, -0.2) is 0 Å². The molecule has 3 fully saturated rings. The number of halogens is 3. The highest BCUT2D eigenvalue weighted by Gasteiger charge is 2.69. The lowest BCUT2D eigenvalue weighted by atomic mass is 9.40. The number of fused-ring (bicyclic) bond motifs is 1. The first kappa shape index (κ1) is 22.7. The summed E-state index contributed by atoms with van der Waals surface area (Å²) in [6.45, 7) is 2.97. The maximum atomic E-state index is 14.0. The van der Waals surface area contributed by atoms with Crippen molar-refractivity contribution in [2.75, 3.05) is 5.32 Å². The molecule has 3 aromatic rings. The lowest BCUT2D eigenvalue weighted by Crippen LogP contribution is -2.70. The van der Waals surface area contributed by atoms with Gasteiger partial charge in [0, 0.05) is 30.4 Å². The van der Waals surface area contributed by atoms with Gasteiger partial charge in [-0.15, -0.1) is 0 Å². The molecule has 0 aliphatic heterocycles. The van der Waals surface area contributed by atoms with E-state index in [-0.39, 0.29) is 39.7 Å². The number of hydrogen-bond donors (Lipinski definition) is 1. The van der Waals surface area contributed by atoms with Crippen LogP contribution >= 0.6 is 0 Å². The van der Waals surface area contributed by atoms with Crippen molar-refractivity contribution in [3.8, 4) is 23.8 Å². The number of rotatable bonds is 5. The quantitative estimate of drug-likeness (QED) is 0.501. The van der Waals surface area contributed by atoms with Gasteiger partial charge < -0.3 is 10.1 Å². The molecule has 1 N–H and O–H groups in total. The minimum Gasteiger partial charge on any atom is -0.437 e. The first-order valence-corrected chi connectivity index (χ1v) is 10.8. The molecule has 1 aromatic carbocycles. The van der Waals surface area contributed by atoms with E-state index in [1.165, 1.54) is 17.7 Å². The summed E-state index contributed by atoms with van der Waals surface area (Å²) in [5, 5.41) is 26.1. The number of alkyl halides is 3. The lowest BCUT2D eigenvalue weighted by molar-refractivity contribution is -0.138. The molecule has 0 radical (unpaired) electrons. The minimum absolute atomic E-state index is 0.0233. The van der Waals surface area contributed by atoms with Crippen molar-refractivity contribution in [3.63, 3.8) is 0 Å². The van der Waals surface area contributed by atoms with Crippen molar-refractivity contribution in [2.45, 2.75) is 44.8 Å². The molecule has 3 aliphatic carbocycles. The van der Waals surface area contributed by atoms with Crippen molar-refractivity contribution in [3.05, 3.63) is 40.6 Å². The first-order chi connectivity index (χ1) is 16.5. The van der Waals surface area contributed by atoms with Crippen LogP contribution in [0.2, 0.25) is 0 Å². The molecule has 8 nitrogen and oxygen atoms in total. The molecule has 2 heterocycles. The van der Waals surface area contributed by atoms with Gasteiger partial charge in [0.2, 0.25) is 11.8 Å². The number of allylic oxidation sites excluding steroid dienone is 1. The normalized spacial score (nSPS) is 22.9. The van der Waals surface area contributed by atoms with Crippen LogP contribution in [0.15, 0.2) is 18.3 Å². The highest BCUT2D eigenvalue weighted by Crippen LogP contribution is 2.67. The molecule has 35 heavy (non-hydrogen) atoms. The van der Waals surface area contributed by atoms with Crippen LogP contribution in [0.4, 0.5) is 19.1 Å². The summed E-state index contributed by atoms with van der Waals surface area (Å²) in [6.07, 6.45) is 1.21. The van der Waals surface area contributed by atoms with Gasteiger partial charge >= 0.3 is 6.18 Å². The number of aromatic nitrogens is 4. The molecule has 0 amide bonds. The molecule has 0 atom stereocenters. The molecule has 3 saturated carbocycles. The standard InChI is InChI=1S/C24H20F3N7O/c1-13-7-15(5-4-6-28)17(24(25,26)27)14(2)18(13)35-20-16-8-34(3)33-19(16)30-21(31-20)32-23-9-22(10-23,11-23)12-29/h4-5,7-8H,9-11H2,1-3H3,(H,30,32,33)/b5-4+. The largest absolute Gasteiger partial charge is 0.437 e. The number of nitriles is 2. The second-order valence-corrected chi connectivity index (χ2v) is 9.39. The minimum atomic E-state index is -4.66. The highest BCUT2D eigenvalue weighted by atomic mass is 19.4. The fraction of sp³-hybridized carbons (Fsp3) is 0.375. The second kappa shape index (κ2) is 7.44. The van der Waals surface area contributed by atoms with Gasteiger partial charge in [-0.05, 0) is 56.4 Å². The zero-order valence-electron chi connectivity index (χ0n) is 19.2. The third-order valence-corrected chi connectivity index (χ3v) is 6.66. The van der Waals surface area contributed by atoms with Crippen LogP contribution in [0.5, 0.6) is 11.6 Å². The van der Waals surface area contributed by atoms with Crippen LogP contribution in [-0.4, -0.2) is 25.3 Å². The Bertz CT molecular complexity index is 1470. The Balaban J connectivity index is 1.57. The molecular weight excluding hydrogens is 459 g/mol. The predicted octanol–water partition coefficient (Wildman–Crippen LogP) is 5.19. The molecular formula is C24H20F3N7O. The zero-order chi connectivity index (χ0) is 25.2. The molecule has 0 spiro atoms. The summed E-state index contributed by atoms with van der Waals surface area (Å²) in [4.78, 5) is 8.93. The van der Waals surface area contributed by atoms with E-state index in [2.05, 4.69) is 26.5 Å². The summed E-state index contributed by atoms with van der Waals surface area (Å²) < 4.78 is 49.4. The first-order valence-electron chi connectivity index (χ1n) is 10.8. The third-order valence-electron chi connectivity index (χ3n) is 6.66. The average Bonchev–Trinajstić information content (AvgIpc) is 3.09. The highest BCUT2D eigenvalue weighted by molar-refractivity contribution is 5.81. The summed E-state index contributed by atoms with van der Waals surface area (Å²) in [5.41, 5.74) is -0.848. The number of anilines is 1. The van der Waals surface area contributed by atoms with E-state index < -0.39 is 11.7 Å². The topological polar surface area (TPSA) is 112 Å². The monoisotopic (exact) mass is 479 g/mol. The van der Waals surface area contributed by atoms with Gasteiger partial charge in [0.25, 0.3) is 0 Å². The van der Waals surface area contributed by atoms with Gasteiger partial charge in [-0.2, -0.15) is 38.8 Å². The van der Waals surface area contributed by atoms with Crippen LogP contribution in [0.25, 0.3) is 17.1 Å². The number of nitrogens with zero attached hydrogens (tertiary/aromatic N) is 6. The van der Waals surface area contributed by atoms with Crippen LogP contribution in [0.3, 0.4) is 0 Å². The van der Waals surface area contributed by atoms with Crippen molar-refractivity contribution in [2.24, 2.45) is 12.5 Å². The van der Waals surface area contributed by atoms with Crippen LogP contribution in [0, 0.1) is 41.9 Å². The Hall–Kier alpha value is -4.12. The molecule has 3 aliphatic rings. The van der Waals surface area contributed by atoms with Crippen LogP contribution in [0.1, 0.15) is 41.5 Å². The van der Waals surface area contributed by atoms with E-state index in [1.54, 1.807) is 26.2 Å². The molecule has 0 saturated heterocycles. The maximum absolute atomic E-state index is 14.0. The number of ether oxygens (including phenoxy) is 1. The lowest BCUT2D eigenvalue weighted by Gasteiger charge is -2.66. The van der Waals surface area contributed by atoms with E-state index in [9.17, 15) is 18.4 Å². The Morgan fingerprint density at radius 1 is 1.20 bits per heavy atom. The average molecular weight is 479 g/mol. The fourth-order valence-electron chi connectivity index (χ4n) is 5.29. The number of benzene rings is 1. The number of hydrogen-bond acceptors (Lipinski definition) is 7. The Morgan fingerprint density at radius 2 is 1.91 bits per heavy atom. The Kier molecular flexibility index (Phi) is 4.82. The number of nitrogens with one attached hydrogen (secondary N) is 1. The summed E-state index contributed by atoms with van der Waals surface area (Å²) in [5.74, 6) is 0.347. The van der Waals surface area contributed by atoms with Gasteiger partial charge in [0.05, 0.1) is 23.1 Å². The molecule has 0 unspecified atom stereocenters. The van der Waals surface area contributed by atoms with Crippen molar-refractivity contribution < 1.29 is 17.9 Å². The van der Waals surface area contributed by atoms with Gasteiger partial charge in [0.15, 0.2) is 5.65 Å². The fourth-order valence-corrected chi connectivity index (χ4v) is 5.29. The van der Waals surface area contributed by atoms with Crippen LogP contribution in [-0.2, 0) is 13.2 Å². The van der Waals surface area contributed by atoms with Crippen molar-refractivity contribution in [1.29, 1.82) is 10.5 Å². The van der Waals surface area contributed by atoms with Gasteiger partial charge in [-0.3, -0.25) is 4.68 Å². The summed E-state index contributed by atoms with van der Waals surface area (Å²) in [6, 6.07) is 5.40. The van der Waals surface area contributed by atoms with Gasteiger partial charge in [-0.1, -0.05) is 0 Å². The van der Waals surface area contributed by atoms with Crippen molar-refractivity contribution in [1.82, 2.24) is 19.7 Å². The van der Waals surface area contributed by atoms with E-state index in [0.29, 0.717) is 35.9 Å². The Labute approximate surface area is 198 Å². The summed E-state index contributed by atoms with van der Waals surface area (Å²) in [7, 11) is 1.70. The predicted molar refractivity (Wildman–Crippen MR) is 120 cm³/mol. The maximum Gasteiger partial charge on any atom is 0.417 e. The van der Waals surface area contributed by atoms with Crippen molar-refractivity contribution >= 4 is 23.1 Å².